The Hall–Kier alpha value is -1.00. The Kier molecular flexibility index (Phi) is 4.15. The molecule has 1 aliphatic rings. The summed E-state index contributed by atoms with van der Waals surface area (Å²) in [6, 6.07) is 6.32. The van der Waals surface area contributed by atoms with Gasteiger partial charge in [0.2, 0.25) is 0 Å². The highest BCUT2D eigenvalue weighted by molar-refractivity contribution is 5.24. The lowest BCUT2D eigenvalue weighted by Gasteiger charge is -2.52. The molecular formula is C17H25F2NO. The Bertz CT molecular complexity index is 495. The van der Waals surface area contributed by atoms with Crippen molar-refractivity contribution in [2.24, 2.45) is 0 Å². The van der Waals surface area contributed by atoms with Crippen molar-refractivity contribution in [2.45, 2.75) is 71.1 Å². The average Bonchev–Trinajstić information content (AvgIpc) is 2.34. The van der Waals surface area contributed by atoms with Gasteiger partial charge >= 0.3 is 6.11 Å². The molecular weight excluding hydrogens is 272 g/mol. The summed E-state index contributed by atoms with van der Waals surface area (Å²) in [6.45, 7) is 9.63. The molecule has 2 nitrogen and oxygen atoms in total. The first-order valence-electron chi connectivity index (χ1n) is 7.49. The van der Waals surface area contributed by atoms with Crippen LogP contribution in [0.2, 0.25) is 0 Å². The topological polar surface area (TPSA) is 12.5 Å². The number of alkyl halides is 2. The monoisotopic (exact) mass is 297 g/mol. The van der Waals surface area contributed by atoms with E-state index < -0.39 is 17.2 Å². The molecule has 0 unspecified atom stereocenters. The van der Waals surface area contributed by atoms with E-state index >= 15 is 0 Å². The standard InChI is InChI=1S/C17H25F2NO/c1-13-8-6-9-14(12-13)17(18,19)21-20-15(2,3)10-7-11-16(20,4)5/h6,8-9,12H,7,10-11H2,1-5H3. The maximum Gasteiger partial charge on any atom is 0.398 e. The molecule has 118 valence electrons. The highest BCUT2D eigenvalue weighted by atomic mass is 19.3. The molecule has 0 saturated carbocycles. The molecule has 2 rings (SSSR count). The zero-order valence-electron chi connectivity index (χ0n) is 13.5. The van der Waals surface area contributed by atoms with Crippen LogP contribution in [-0.2, 0) is 10.9 Å². The van der Waals surface area contributed by atoms with E-state index in [9.17, 15) is 8.78 Å². The van der Waals surface area contributed by atoms with Gasteiger partial charge in [-0.1, -0.05) is 23.8 Å². The van der Waals surface area contributed by atoms with Crippen LogP contribution in [0.1, 0.15) is 58.1 Å². The van der Waals surface area contributed by atoms with Crippen LogP contribution in [0.5, 0.6) is 0 Å². The Morgan fingerprint density at radius 1 is 1.10 bits per heavy atom. The molecule has 1 aromatic carbocycles. The summed E-state index contributed by atoms with van der Waals surface area (Å²) in [7, 11) is 0. The van der Waals surface area contributed by atoms with E-state index in [-0.39, 0.29) is 5.56 Å². The molecule has 1 aromatic rings. The third-order valence-electron chi connectivity index (χ3n) is 4.24. The molecule has 1 fully saturated rings. The predicted molar refractivity (Wildman–Crippen MR) is 80.0 cm³/mol. The lowest BCUT2D eigenvalue weighted by Crippen LogP contribution is -2.59. The minimum Gasteiger partial charge on any atom is -0.224 e. The van der Waals surface area contributed by atoms with Crippen molar-refractivity contribution < 1.29 is 13.6 Å². The fourth-order valence-electron chi connectivity index (χ4n) is 3.22. The fraction of sp³-hybridized carbons (Fsp3) is 0.647. The molecule has 0 N–H and O–H groups in total. The number of nitrogens with zero attached hydrogens (tertiary/aromatic N) is 1. The van der Waals surface area contributed by atoms with Gasteiger partial charge in [-0.15, -0.1) is 0 Å². The summed E-state index contributed by atoms with van der Waals surface area (Å²) in [5, 5.41) is 1.51. The number of hydrogen-bond acceptors (Lipinski definition) is 2. The lowest BCUT2D eigenvalue weighted by molar-refractivity contribution is -0.417. The van der Waals surface area contributed by atoms with Crippen LogP contribution in [0, 0.1) is 6.92 Å². The van der Waals surface area contributed by atoms with E-state index in [1.54, 1.807) is 19.1 Å². The molecule has 1 heterocycles. The van der Waals surface area contributed by atoms with Gasteiger partial charge in [-0.3, -0.25) is 0 Å². The van der Waals surface area contributed by atoms with Crippen LogP contribution in [0.3, 0.4) is 0 Å². The van der Waals surface area contributed by atoms with E-state index in [1.807, 2.05) is 27.7 Å². The van der Waals surface area contributed by atoms with E-state index in [0.29, 0.717) is 0 Å². The summed E-state index contributed by atoms with van der Waals surface area (Å²) < 4.78 is 29.1. The Morgan fingerprint density at radius 2 is 1.67 bits per heavy atom. The molecule has 0 atom stereocenters. The lowest BCUT2D eigenvalue weighted by atomic mass is 9.82. The minimum absolute atomic E-state index is 0.0975. The van der Waals surface area contributed by atoms with Crippen LogP contribution < -0.4 is 0 Å². The van der Waals surface area contributed by atoms with Gasteiger partial charge in [-0.05, 0) is 59.9 Å². The van der Waals surface area contributed by atoms with Crippen LogP contribution in [-0.4, -0.2) is 16.1 Å². The van der Waals surface area contributed by atoms with Gasteiger partial charge in [0.25, 0.3) is 0 Å². The number of hydroxylamine groups is 2. The molecule has 0 bridgehead atoms. The Labute approximate surface area is 126 Å². The first kappa shape index (κ1) is 16.4. The third-order valence-corrected chi connectivity index (χ3v) is 4.24. The number of halogens is 2. The summed E-state index contributed by atoms with van der Waals surface area (Å²) in [5.41, 5.74) is -0.114. The predicted octanol–water partition coefficient (Wildman–Crippen LogP) is 5.02. The number of piperidine rings is 1. The van der Waals surface area contributed by atoms with Crippen molar-refractivity contribution in [3.63, 3.8) is 0 Å². The van der Waals surface area contributed by atoms with Gasteiger partial charge in [-0.2, -0.15) is 13.8 Å². The summed E-state index contributed by atoms with van der Waals surface area (Å²) >= 11 is 0. The molecule has 4 heteroatoms. The van der Waals surface area contributed by atoms with Gasteiger partial charge < -0.3 is 0 Å². The Morgan fingerprint density at radius 3 is 2.19 bits per heavy atom. The van der Waals surface area contributed by atoms with Crippen molar-refractivity contribution in [2.75, 3.05) is 0 Å². The largest absolute Gasteiger partial charge is 0.398 e. The number of hydrogen-bond donors (Lipinski definition) is 0. The molecule has 0 radical (unpaired) electrons. The summed E-state index contributed by atoms with van der Waals surface area (Å²) in [4.78, 5) is 5.25. The number of aryl methyl sites for hydroxylation is 1. The van der Waals surface area contributed by atoms with Crippen molar-refractivity contribution >= 4 is 0 Å². The van der Waals surface area contributed by atoms with E-state index in [1.165, 1.54) is 17.2 Å². The molecule has 21 heavy (non-hydrogen) atoms. The van der Waals surface area contributed by atoms with Crippen molar-refractivity contribution in [3.05, 3.63) is 35.4 Å². The minimum atomic E-state index is -3.32. The molecule has 1 saturated heterocycles. The molecule has 0 aromatic heterocycles. The SMILES string of the molecule is Cc1cccc(C(F)(F)ON2C(C)(C)CCCC2(C)C)c1. The van der Waals surface area contributed by atoms with E-state index in [2.05, 4.69) is 0 Å². The maximum atomic E-state index is 14.5. The molecule has 0 spiro atoms. The first-order valence-corrected chi connectivity index (χ1v) is 7.49. The van der Waals surface area contributed by atoms with Crippen molar-refractivity contribution in [1.82, 2.24) is 5.06 Å². The van der Waals surface area contributed by atoms with Gasteiger partial charge in [0.1, 0.15) is 0 Å². The maximum absolute atomic E-state index is 14.5. The quantitative estimate of drug-likeness (QED) is 0.776. The smallest absolute Gasteiger partial charge is 0.224 e. The highest BCUT2D eigenvalue weighted by Crippen LogP contribution is 2.43. The van der Waals surface area contributed by atoms with Crippen molar-refractivity contribution in [1.29, 1.82) is 0 Å². The van der Waals surface area contributed by atoms with Gasteiger partial charge in [0.15, 0.2) is 0 Å². The van der Waals surface area contributed by atoms with Gasteiger partial charge in [-0.25, -0.2) is 4.84 Å². The van der Waals surface area contributed by atoms with E-state index in [0.717, 1.165) is 24.8 Å². The van der Waals surface area contributed by atoms with Gasteiger partial charge in [0, 0.05) is 11.1 Å². The second kappa shape index (κ2) is 5.33. The summed E-state index contributed by atoms with van der Waals surface area (Å²) in [5.74, 6) is 0. The Balaban J connectivity index is 2.29. The number of rotatable bonds is 3. The third kappa shape index (κ3) is 3.43. The van der Waals surface area contributed by atoms with Crippen molar-refractivity contribution in [3.8, 4) is 0 Å². The second-order valence-corrected chi connectivity index (χ2v) is 7.25. The van der Waals surface area contributed by atoms with Crippen LogP contribution in [0.4, 0.5) is 8.78 Å². The van der Waals surface area contributed by atoms with Crippen LogP contribution in [0.25, 0.3) is 0 Å². The van der Waals surface area contributed by atoms with Crippen LogP contribution >= 0.6 is 0 Å². The second-order valence-electron chi connectivity index (χ2n) is 7.25. The zero-order valence-corrected chi connectivity index (χ0v) is 13.5. The molecule has 1 aliphatic heterocycles. The molecule has 0 aliphatic carbocycles. The fourth-order valence-corrected chi connectivity index (χ4v) is 3.22. The summed E-state index contributed by atoms with van der Waals surface area (Å²) in [6.07, 6.45) is -0.603. The van der Waals surface area contributed by atoms with E-state index in [4.69, 9.17) is 4.84 Å². The highest BCUT2D eigenvalue weighted by Gasteiger charge is 2.48. The van der Waals surface area contributed by atoms with Crippen LogP contribution in [0.15, 0.2) is 24.3 Å². The first-order chi connectivity index (χ1) is 9.55. The van der Waals surface area contributed by atoms with Gasteiger partial charge in [0.05, 0.1) is 5.56 Å². The average molecular weight is 297 g/mol. The number of benzene rings is 1. The normalized spacial score (nSPS) is 22.2. The zero-order chi connectivity index (χ0) is 15.9. The molecule has 0 amide bonds.